The summed E-state index contributed by atoms with van der Waals surface area (Å²) in [5.41, 5.74) is -5.41. The third-order valence-electron chi connectivity index (χ3n) is 8.67. The minimum absolute atomic E-state index is 0.254. The molecule has 0 aromatic heterocycles. The number of ketones is 2. The lowest BCUT2D eigenvalue weighted by Gasteiger charge is -2.47. The second-order valence-electron chi connectivity index (χ2n) is 12.2. The van der Waals surface area contributed by atoms with Crippen molar-refractivity contribution < 1.29 is 85.0 Å². The molecule has 23 heteroatoms. The van der Waals surface area contributed by atoms with Crippen molar-refractivity contribution in [3.63, 3.8) is 0 Å². The van der Waals surface area contributed by atoms with E-state index < -0.39 is 127 Å². The van der Waals surface area contributed by atoms with Gasteiger partial charge in [0.05, 0.1) is 16.5 Å². The summed E-state index contributed by atoms with van der Waals surface area (Å²) < 4.78 is 209. The Kier molecular flexibility index (Phi) is 10.4. The van der Waals surface area contributed by atoms with E-state index >= 15 is 4.39 Å². The van der Waals surface area contributed by atoms with Crippen LogP contribution in [0.15, 0.2) is 48.5 Å². The number of Topliss-reactive ketones (excluding diaryl/α,β-unsaturated/α-hetero) is 2. The zero-order valence-corrected chi connectivity index (χ0v) is 28.4. The minimum Gasteiger partial charge on any atom is -0.326 e. The molecule has 1 aliphatic carbocycles. The van der Waals surface area contributed by atoms with Gasteiger partial charge in [0.2, 0.25) is 11.7 Å². The van der Waals surface area contributed by atoms with Gasteiger partial charge in [0.25, 0.3) is 0 Å². The van der Waals surface area contributed by atoms with E-state index in [4.69, 9.17) is 34.8 Å². The van der Waals surface area contributed by atoms with Crippen LogP contribution in [0.1, 0.15) is 38.5 Å². The minimum atomic E-state index is -7.27. The number of carbonyl (C=O) groups is 3. The van der Waals surface area contributed by atoms with Crippen LogP contribution >= 0.6 is 34.8 Å². The fourth-order valence-corrected chi connectivity index (χ4v) is 6.71. The Balaban J connectivity index is 1.35. The predicted molar refractivity (Wildman–Crippen MR) is 160 cm³/mol. The first-order valence-corrected chi connectivity index (χ1v) is 15.8. The second-order valence-corrected chi connectivity index (χ2v) is 14.0. The molecule has 3 aromatic carbocycles. The Morgan fingerprint density at radius 3 is 1.96 bits per heavy atom. The Morgan fingerprint density at radius 2 is 1.36 bits per heavy atom. The topological polar surface area (TPSA) is 72.5 Å². The van der Waals surface area contributed by atoms with Gasteiger partial charge in [-0.3, -0.25) is 19.1 Å². The lowest BCUT2D eigenvalue weighted by molar-refractivity contribution is -0.523. The highest BCUT2D eigenvalue weighted by Gasteiger charge is 2.94. The predicted octanol–water partition coefficient (Wildman–Crippen LogP) is 10.0. The van der Waals surface area contributed by atoms with Gasteiger partial charge in [-0.1, -0.05) is 23.7 Å². The van der Waals surface area contributed by atoms with Gasteiger partial charge in [-0.15, -0.1) is 23.2 Å². The van der Waals surface area contributed by atoms with Crippen LogP contribution in [0.3, 0.4) is 0 Å². The number of rotatable bonds is 9. The number of halogens is 18. The molecule has 2 aliphatic rings. The summed E-state index contributed by atoms with van der Waals surface area (Å²) >= 11 is 18.4. The number of carbonyl (C=O) groups excluding carboxylic acids is 3. The summed E-state index contributed by atoms with van der Waals surface area (Å²) in [6, 6.07) is 5.57. The lowest BCUT2D eigenvalue weighted by atomic mass is 9.88. The van der Waals surface area contributed by atoms with Crippen LogP contribution in [0.5, 0.6) is 0 Å². The average molecular weight is 869 g/mol. The van der Waals surface area contributed by atoms with Crippen LogP contribution in [0.2, 0.25) is 5.02 Å². The number of hydrogen-bond donors (Lipinski definition) is 1. The number of hydrogen-bond acceptors (Lipinski definition) is 4. The van der Waals surface area contributed by atoms with Crippen molar-refractivity contribution in [2.24, 2.45) is 5.92 Å². The van der Waals surface area contributed by atoms with Gasteiger partial charge in [-0.2, -0.15) is 52.7 Å². The molecule has 1 unspecified atom stereocenters. The largest absolute Gasteiger partial charge is 0.429 e. The summed E-state index contributed by atoms with van der Waals surface area (Å²) in [5, 5.41) is 1.88. The average Bonchev–Trinajstić information content (AvgIpc) is 3.64. The van der Waals surface area contributed by atoms with Crippen molar-refractivity contribution in [3.05, 3.63) is 98.8 Å². The van der Waals surface area contributed by atoms with Crippen molar-refractivity contribution in [2.75, 3.05) is 5.32 Å². The molecule has 1 aliphatic heterocycles. The normalized spacial score (nSPS) is 24.5. The molecule has 0 bridgehead atoms. The molecule has 2 fully saturated rings. The molecule has 1 saturated heterocycles. The smallest absolute Gasteiger partial charge is 0.326 e. The first-order chi connectivity index (χ1) is 24.9. The van der Waals surface area contributed by atoms with Crippen molar-refractivity contribution >= 4 is 58.0 Å². The van der Waals surface area contributed by atoms with Crippen molar-refractivity contribution in [1.29, 1.82) is 0 Å². The molecule has 3 atom stereocenters. The van der Waals surface area contributed by atoms with E-state index in [9.17, 15) is 75.8 Å². The van der Waals surface area contributed by atoms with E-state index in [-0.39, 0.29) is 17.3 Å². The van der Waals surface area contributed by atoms with Crippen LogP contribution < -0.4 is 5.32 Å². The summed E-state index contributed by atoms with van der Waals surface area (Å²) in [6.07, 6.45) is -15.4. The van der Waals surface area contributed by atoms with Crippen molar-refractivity contribution in [2.45, 2.75) is 59.0 Å². The number of amides is 1. The molecular weight excluding hydrogens is 854 g/mol. The molecule has 298 valence electrons. The van der Waals surface area contributed by atoms with Crippen molar-refractivity contribution in [1.82, 2.24) is 0 Å². The Bertz CT molecular complexity index is 2110. The maximum Gasteiger partial charge on any atom is 0.429 e. The number of ether oxygens (including phenoxy) is 1. The Labute approximate surface area is 311 Å². The molecule has 5 nitrogen and oxygen atoms in total. The van der Waals surface area contributed by atoms with Crippen LogP contribution in [-0.4, -0.2) is 51.5 Å². The summed E-state index contributed by atoms with van der Waals surface area (Å²) in [7, 11) is 0. The van der Waals surface area contributed by atoms with E-state index in [0.717, 1.165) is 24.3 Å². The number of benzene rings is 3. The fraction of sp³-hybridized carbons (Fsp3) is 0.344. The lowest BCUT2D eigenvalue weighted by Crippen LogP contribution is -2.78. The van der Waals surface area contributed by atoms with Gasteiger partial charge in [-0.25, -0.2) is 13.2 Å². The zero-order valence-electron chi connectivity index (χ0n) is 26.1. The highest BCUT2D eigenvalue weighted by molar-refractivity contribution is 6.53. The van der Waals surface area contributed by atoms with Crippen LogP contribution in [0, 0.1) is 23.4 Å². The van der Waals surface area contributed by atoms with Gasteiger partial charge < -0.3 is 5.32 Å². The second kappa shape index (κ2) is 13.4. The first-order valence-electron chi connectivity index (χ1n) is 14.7. The molecular formula is C32H15Cl3F15NO4. The summed E-state index contributed by atoms with van der Waals surface area (Å²) in [4.78, 5) is 38.6. The number of alkyl halides is 14. The SMILES string of the molecule is O=C(Cc1ccc(F)c(CC(=O)C2(F)OC(F)(F)C(F)(F)C(F)(F)C2(F)F)c1F)c1cc(NC(=O)[C@H]2[C@H](c3ccc(F)c(C(F)(F)F)c3)C2(Cl)Cl)ccc1Cl. The molecule has 0 spiro atoms. The van der Waals surface area contributed by atoms with E-state index in [0.29, 0.717) is 18.2 Å². The van der Waals surface area contributed by atoms with E-state index in [1.807, 2.05) is 0 Å². The van der Waals surface area contributed by atoms with E-state index in [1.54, 1.807) is 0 Å². The third-order valence-corrected chi connectivity index (χ3v) is 9.94. The molecule has 55 heavy (non-hydrogen) atoms. The van der Waals surface area contributed by atoms with Gasteiger partial charge in [0.15, 0.2) is 5.78 Å². The monoisotopic (exact) mass is 867 g/mol. The van der Waals surface area contributed by atoms with Gasteiger partial charge in [0.1, 0.15) is 21.8 Å². The van der Waals surface area contributed by atoms with Gasteiger partial charge in [-0.05, 0) is 47.5 Å². The molecule has 3 aromatic rings. The summed E-state index contributed by atoms with van der Waals surface area (Å²) in [5.74, 6) is -41.3. The molecule has 1 saturated carbocycles. The highest BCUT2D eigenvalue weighted by Crippen LogP contribution is 2.66. The standard InChI is InChI=1S/C32H15Cl3F15NO4/c33-17-4-3-13(51-25(54)23-22(26(23,34)35)11-1-6-19(37)16(7-11)28(40,41)42)9-14(17)20(52)8-12-2-5-18(36)15(24(12)38)10-21(53)27(39)29(43,44)30(45,46)31(47,48)32(49,50)55-27/h1-7,9,22-23H,8,10H2,(H,51,54)/t22-,23+,27?/m0/s1. The Morgan fingerprint density at radius 1 is 0.764 bits per heavy atom. The third kappa shape index (κ3) is 6.79. The highest BCUT2D eigenvalue weighted by atomic mass is 35.5. The molecule has 1 amide bonds. The summed E-state index contributed by atoms with van der Waals surface area (Å²) in [6.45, 7) is 0. The molecule has 1 heterocycles. The van der Waals surface area contributed by atoms with Crippen LogP contribution in [-0.2, 0) is 33.3 Å². The first kappa shape index (κ1) is 42.4. The van der Waals surface area contributed by atoms with Crippen LogP contribution in [0.25, 0.3) is 0 Å². The maximum absolute atomic E-state index is 15.4. The maximum atomic E-state index is 15.4. The van der Waals surface area contributed by atoms with Crippen LogP contribution in [0.4, 0.5) is 71.5 Å². The number of anilines is 1. The number of nitrogens with one attached hydrogen (secondary N) is 1. The van der Waals surface area contributed by atoms with E-state index in [1.165, 1.54) is 0 Å². The van der Waals surface area contributed by atoms with Crippen molar-refractivity contribution in [3.8, 4) is 0 Å². The van der Waals surface area contributed by atoms with Gasteiger partial charge in [0, 0.05) is 35.6 Å². The quantitative estimate of drug-likeness (QED) is 0.132. The fourth-order valence-electron chi connectivity index (χ4n) is 5.66. The Hall–Kier alpha value is -3.75. The zero-order chi connectivity index (χ0) is 41.6. The van der Waals surface area contributed by atoms with E-state index in [2.05, 4.69) is 10.1 Å². The van der Waals surface area contributed by atoms with Gasteiger partial charge >= 0.3 is 35.9 Å². The molecule has 5 rings (SSSR count). The molecule has 0 radical (unpaired) electrons. The molecule has 1 N–H and O–H groups in total.